The average molecular weight is 274 g/mol. The summed E-state index contributed by atoms with van der Waals surface area (Å²) in [5.74, 6) is -0.373. The van der Waals surface area contributed by atoms with Crippen molar-refractivity contribution in [2.45, 2.75) is 19.6 Å². The van der Waals surface area contributed by atoms with E-state index in [1.54, 1.807) is 18.2 Å². The summed E-state index contributed by atoms with van der Waals surface area (Å²) in [6.07, 6.45) is -0.842. The molecule has 0 spiro atoms. The van der Waals surface area contributed by atoms with Crippen molar-refractivity contribution < 1.29 is 9.50 Å². The predicted molar refractivity (Wildman–Crippen MR) is 76.7 cm³/mol. The third-order valence-corrected chi connectivity index (χ3v) is 3.13. The largest absolute Gasteiger partial charge is 0.387 e. The molecule has 2 rings (SSSR count). The zero-order chi connectivity index (χ0) is 14.5. The molecule has 0 aliphatic carbocycles. The molecule has 20 heavy (non-hydrogen) atoms. The number of aliphatic hydroxyl groups excluding tert-OH is 1. The van der Waals surface area contributed by atoms with Gasteiger partial charge < -0.3 is 5.11 Å². The summed E-state index contributed by atoms with van der Waals surface area (Å²) < 4.78 is 13.6. The number of hydrogen-bond acceptors (Lipinski definition) is 3. The number of aliphatic hydroxyl groups is 1. The SMILES string of the molecule is Cc1cccc(CN(C)CC(O)c2ccccc2F)n1. The summed E-state index contributed by atoms with van der Waals surface area (Å²) in [5, 5.41) is 10.1. The Bertz CT molecular complexity index is 574. The third-order valence-electron chi connectivity index (χ3n) is 3.13. The lowest BCUT2D eigenvalue weighted by Crippen LogP contribution is -2.25. The summed E-state index contributed by atoms with van der Waals surface area (Å²) >= 11 is 0. The van der Waals surface area contributed by atoms with E-state index in [0.29, 0.717) is 18.7 Å². The van der Waals surface area contributed by atoms with E-state index in [9.17, 15) is 9.50 Å². The van der Waals surface area contributed by atoms with E-state index in [0.717, 1.165) is 11.4 Å². The minimum absolute atomic E-state index is 0.330. The first-order valence-electron chi connectivity index (χ1n) is 6.60. The third kappa shape index (κ3) is 3.85. The number of aryl methyl sites for hydroxylation is 1. The molecule has 0 radical (unpaired) electrons. The number of aromatic nitrogens is 1. The summed E-state index contributed by atoms with van der Waals surface area (Å²) in [6.45, 7) is 2.92. The van der Waals surface area contributed by atoms with Gasteiger partial charge >= 0.3 is 0 Å². The molecular weight excluding hydrogens is 255 g/mol. The van der Waals surface area contributed by atoms with Gasteiger partial charge in [-0.1, -0.05) is 24.3 Å². The van der Waals surface area contributed by atoms with Crippen molar-refractivity contribution in [1.29, 1.82) is 0 Å². The molecule has 0 fully saturated rings. The topological polar surface area (TPSA) is 36.4 Å². The van der Waals surface area contributed by atoms with Crippen molar-refractivity contribution in [3.8, 4) is 0 Å². The quantitative estimate of drug-likeness (QED) is 0.910. The summed E-state index contributed by atoms with van der Waals surface area (Å²) in [4.78, 5) is 6.34. The number of benzene rings is 1. The van der Waals surface area contributed by atoms with Gasteiger partial charge in [0.15, 0.2) is 0 Å². The van der Waals surface area contributed by atoms with Gasteiger partial charge in [0.05, 0.1) is 11.8 Å². The minimum atomic E-state index is -0.842. The molecule has 0 bridgehead atoms. The highest BCUT2D eigenvalue weighted by molar-refractivity contribution is 5.20. The maximum absolute atomic E-state index is 13.6. The van der Waals surface area contributed by atoms with Gasteiger partial charge in [-0.2, -0.15) is 0 Å². The Morgan fingerprint density at radius 1 is 1.20 bits per heavy atom. The molecule has 3 nitrogen and oxygen atoms in total. The number of rotatable bonds is 5. The van der Waals surface area contributed by atoms with Crippen LogP contribution in [0.15, 0.2) is 42.5 Å². The number of halogens is 1. The maximum Gasteiger partial charge on any atom is 0.129 e. The highest BCUT2D eigenvalue weighted by Gasteiger charge is 2.14. The van der Waals surface area contributed by atoms with E-state index in [4.69, 9.17) is 0 Å². The molecular formula is C16H19FN2O. The Morgan fingerprint density at radius 3 is 2.65 bits per heavy atom. The fourth-order valence-electron chi connectivity index (χ4n) is 2.17. The first-order chi connectivity index (χ1) is 9.56. The average Bonchev–Trinajstić information content (AvgIpc) is 2.38. The highest BCUT2D eigenvalue weighted by atomic mass is 19.1. The van der Waals surface area contributed by atoms with Gasteiger partial charge in [0, 0.05) is 24.3 Å². The molecule has 4 heteroatoms. The molecule has 1 aromatic carbocycles. The zero-order valence-electron chi connectivity index (χ0n) is 11.8. The molecule has 0 saturated carbocycles. The standard InChI is InChI=1S/C16H19FN2O/c1-12-6-5-7-13(18-12)10-19(2)11-16(20)14-8-3-4-9-15(14)17/h3-9,16,20H,10-11H2,1-2H3. The molecule has 0 aliphatic rings. The number of hydrogen-bond donors (Lipinski definition) is 1. The number of likely N-dealkylation sites (N-methyl/N-ethyl adjacent to an activating group) is 1. The van der Waals surface area contributed by atoms with Crippen LogP contribution in [0.5, 0.6) is 0 Å². The molecule has 0 aliphatic heterocycles. The van der Waals surface area contributed by atoms with Crippen LogP contribution in [0.25, 0.3) is 0 Å². The normalized spacial score (nSPS) is 12.7. The van der Waals surface area contributed by atoms with Crippen LogP contribution < -0.4 is 0 Å². The Kier molecular flexibility index (Phi) is 4.82. The second-order valence-electron chi connectivity index (χ2n) is 5.00. The van der Waals surface area contributed by atoms with Crippen molar-refractivity contribution >= 4 is 0 Å². The first kappa shape index (κ1) is 14.6. The van der Waals surface area contributed by atoms with E-state index in [2.05, 4.69) is 4.98 Å². The van der Waals surface area contributed by atoms with Crippen molar-refractivity contribution in [2.75, 3.05) is 13.6 Å². The molecule has 106 valence electrons. The van der Waals surface area contributed by atoms with Crippen LogP contribution in [0, 0.1) is 12.7 Å². The minimum Gasteiger partial charge on any atom is -0.387 e. The van der Waals surface area contributed by atoms with E-state index in [-0.39, 0.29) is 5.82 Å². The van der Waals surface area contributed by atoms with Gasteiger partial charge in [-0.05, 0) is 32.2 Å². The van der Waals surface area contributed by atoms with Crippen LogP contribution in [0.3, 0.4) is 0 Å². The van der Waals surface area contributed by atoms with Gasteiger partial charge in [0.2, 0.25) is 0 Å². The van der Waals surface area contributed by atoms with Gasteiger partial charge in [0.25, 0.3) is 0 Å². The molecule has 1 atom stereocenters. The van der Waals surface area contributed by atoms with Crippen LogP contribution in [-0.4, -0.2) is 28.6 Å². The maximum atomic E-state index is 13.6. The lowest BCUT2D eigenvalue weighted by atomic mass is 10.1. The number of nitrogens with zero attached hydrogens (tertiary/aromatic N) is 2. The second-order valence-corrected chi connectivity index (χ2v) is 5.00. The van der Waals surface area contributed by atoms with Gasteiger partial charge in [0.1, 0.15) is 5.82 Å². The molecule has 0 amide bonds. The van der Waals surface area contributed by atoms with Gasteiger partial charge in [-0.3, -0.25) is 9.88 Å². The Labute approximate surface area is 118 Å². The molecule has 2 aromatic rings. The van der Waals surface area contributed by atoms with E-state index in [1.807, 2.05) is 37.1 Å². The Balaban J connectivity index is 1.98. The summed E-state index contributed by atoms with van der Waals surface area (Å²) in [5.41, 5.74) is 2.23. The fraction of sp³-hybridized carbons (Fsp3) is 0.312. The lowest BCUT2D eigenvalue weighted by Gasteiger charge is -2.20. The summed E-state index contributed by atoms with van der Waals surface area (Å²) in [7, 11) is 1.88. The van der Waals surface area contributed by atoms with Crippen LogP contribution in [-0.2, 0) is 6.54 Å². The van der Waals surface area contributed by atoms with E-state index < -0.39 is 6.10 Å². The van der Waals surface area contributed by atoms with Gasteiger partial charge in [-0.15, -0.1) is 0 Å². The highest BCUT2D eigenvalue weighted by Crippen LogP contribution is 2.17. The molecule has 1 unspecified atom stereocenters. The molecule has 1 aromatic heterocycles. The molecule has 1 N–H and O–H groups in total. The molecule has 1 heterocycles. The predicted octanol–water partition coefficient (Wildman–Crippen LogP) is 2.69. The monoisotopic (exact) mass is 274 g/mol. The second kappa shape index (κ2) is 6.59. The van der Waals surface area contributed by atoms with Crippen molar-refractivity contribution in [1.82, 2.24) is 9.88 Å². The van der Waals surface area contributed by atoms with Crippen LogP contribution in [0.2, 0.25) is 0 Å². The fourth-order valence-corrected chi connectivity index (χ4v) is 2.17. The Hall–Kier alpha value is -1.78. The van der Waals surface area contributed by atoms with Crippen molar-refractivity contribution in [3.63, 3.8) is 0 Å². The van der Waals surface area contributed by atoms with Gasteiger partial charge in [-0.25, -0.2) is 4.39 Å². The number of pyridine rings is 1. The smallest absolute Gasteiger partial charge is 0.129 e. The molecule has 0 saturated heterocycles. The van der Waals surface area contributed by atoms with Crippen LogP contribution in [0.1, 0.15) is 23.1 Å². The lowest BCUT2D eigenvalue weighted by molar-refractivity contribution is 0.120. The van der Waals surface area contributed by atoms with Crippen molar-refractivity contribution in [3.05, 3.63) is 65.2 Å². The zero-order valence-corrected chi connectivity index (χ0v) is 11.8. The Morgan fingerprint density at radius 2 is 1.95 bits per heavy atom. The van der Waals surface area contributed by atoms with Crippen molar-refractivity contribution in [2.24, 2.45) is 0 Å². The van der Waals surface area contributed by atoms with E-state index in [1.165, 1.54) is 6.07 Å². The summed E-state index contributed by atoms with van der Waals surface area (Å²) in [6, 6.07) is 12.2. The van der Waals surface area contributed by atoms with Crippen LogP contribution in [0.4, 0.5) is 4.39 Å². The first-order valence-corrected chi connectivity index (χ1v) is 6.60. The van der Waals surface area contributed by atoms with E-state index >= 15 is 0 Å². The van der Waals surface area contributed by atoms with Crippen LogP contribution >= 0.6 is 0 Å².